The number of hydrogen-bond donors (Lipinski definition) is 1. The molecule has 2 amide bonds. The lowest BCUT2D eigenvalue weighted by atomic mass is 9.92. The molecule has 6 nitrogen and oxygen atoms in total. The predicted octanol–water partition coefficient (Wildman–Crippen LogP) is 1.50. The number of nitrogens with zero attached hydrogens (tertiary/aromatic N) is 2. The summed E-state index contributed by atoms with van der Waals surface area (Å²) in [6, 6.07) is 0. The van der Waals surface area contributed by atoms with Gasteiger partial charge in [0.15, 0.2) is 0 Å². The van der Waals surface area contributed by atoms with E-state index in [2.05, 4.69) is 30.6 Å². The molecule has 0 atom stereocenters. The minimum Gasteiger partial charge on any atom is -0.449 e. The molecule has 0 unspecified atom stereocenters. The van der Waals surface area contributed by atoms with Gasteiger partial charge in [0.05, 0.1) is 18.7 Å². The van der Waals surface area contributed by atoms with Gasteiger partial charge in [0.1, 0.15) is 0 Å². The summed E-state index contributed by atoms with van der Waals surface area (Å²) < 4.78 is 4.62. The van der Waals surface area contributed by atoms with Crippen molar-refractivity contribution in [2.75, 3.05) is 13.2 Å². The normalized spacial score (nSPS) is 15.8. The number of nitrogens with two attached hydrogens (primary N) is 1. The van der Waals surface area contributed by atoms with Gasteiger partial charge in [-0.2, -0.15) is 5.10 Å². The van der Waals surface area contributed by atoms with Crippen molar-refractivity contribution in [1.82, 2.24) is 5.01 Å². The van der Waals surface area contributed by atoms with E-state index < -0.39 is 6.09 Å². The molecule has 0 saturated carbocycles. The van der Waals surface area contributed by atoms with Crippen LogP contribution in [0.25, 0.3) is 0 Å². The molecule has 0 fully saturated rings. The molecule has 0 radical (unpaired) electrons. The number of ether oxygens (including phenoxy) is 1. The van der Waals surface area contributed by atoms with Crippen LogP contribution in [0.5, 0.6) is 0 Å². The number of carbonyl (C=O) groups excluding carboxylic acids is 2. The standard InChI is InChI=1S/C12H21N3O3/c1-12(2,3)5-6-15-10(16)8-9(14-15)4-7-18-11(13)17/h4-8H2,1-3H3,(H2,13,17). The van der Waals surface area contributed by atoms with Gasteiger partial charge in [-0.1, -0.05) is 20.8 Å². The Labute approximate surface area is 107 Å². The zero-order chi connectivity index (χ0) is 13.8. The molecule has 0 aliphatic carbocycles. The van der Waals surface area contributed by atoms with Gasteiger partial charge in [-0.05, 0) is 11.8 Å². The Morgan fingerprint density at radius 2 is 2.17 bits per heavy atom. The third-order valence-electron chi connectivity index (χ3n) is 2.61. The maximum Gasteiger partial charge on any atom is 0.404 e. The average molecular weight is 255 g/mol. The van der Waals surface area contributed by atoms with E-state index in [1.54, 1.807) is 0 Å². The van der Waals surface area contributed by atoms with Crippen molar-refractivity contribution < 1.29 is 14.3 Å². The van der Waals surface area contributed by atoms with Crippen LogP contribution in [-0.2, 0) is 9.53 Å². The van der Waals surface area contributed by atoms with Gasteiger partial charge in [-0.25, -0.2) is 9.80 Å². The number of primary amides is 1. The van der Waals surface area contributed by atoms with E-state index in [-0.39, 0.29) is 17.9 Å². The van der Waals surface area contributed by atoms with Crippen molar-refractivity contribution in [3.8, 4) is 0 Å². The fourth-order valence-corrected chi connectivity index (χ4v) is 1.55. The molecule has 0 aromatic heterocycles. The molecule has 0 spiro atoms. The fraction of sp³-hybridized carbons (Fsp3) is 0.750. The van der Waals surface area contributed by atoms with Crippen molar-refractivity contribution in [2.24, 2.45) is 16.3 Å². The Bertz CT molecular complexity index is 358. The summed E-state index contributed by atoms with van der Waals surface area (Å²) in [5, 5.41) is 5.74. The summed E-state index contributed by atoms with van der Waals surface area (Å²) in [5.41, 5.74) is 5.77. The number of carbonyl (C=O) groups is 2. The Kier molecular flexibility index (Phi) is 4.69. The largest absolute Gasteiger partial charge is 0.449 e. The summed E-state index contributed by atoms with van der Waals surface area (Å²) in [4.78, 5) is 22.1. The fourth-order valence-electron chi connectivity index (χ4n) is 1.55. The third kappa shape index (κ3) is 5.16. The van der Waals surface area contributed by atoms with E-state index in [0.29, 0.717) is 19.4 Å². The van der Waals surface area contributed by atoms with Crippen LogP contribution in [0.2, 0.25) is 0 Å². The highest BCUT2D eigenvalue weighted by Gasteiger charge is 2.24. The van der Waals surface area contributed by atoms with Gasteiger partial charge in [0, 0.05) is 13.0 Å². The Balaban J connectivity index is 2.39. The molecule has 6 heteroatoms. The quantitative estimate of drug-likeness (QED) is 0.807. The van der Waals surface area contributed by atoms with Crippen molar-refractivity contribution in [1.29, 1.82) is 0 Å². The van der Waals surface area contributed by atoms with Gasteiger partial charge in [-0.3, -0.25) is 4.79 Å². The Hall–Kier alpha value is -1.59. The van der Waals surface area contributed by atoms with Crippen molar-refractivity contribution in [3.63, 3.8) is 0 Å². The minimum atomic E-state index is -0.801. The molecule has 0 saturated heterocycles. The first-order valence-electron chi connectivity index (χ1n) is 6.07. The first-order valence-corrected chi connectivity index (χ1v) is 6.07. The summed E-state index contributed by atoms with van der Waals surface area (Å²) >= 11 is 0. The van der Waals surface area contributed by atoms with Crippen LogP contribution in [-0.4, -0.2) is 35.9 Å². The van der Waals surface area contributed by atoms with Gasteiger partial charge >= 0.3 is 6.09 Å². The molecule has 1 aliphatic rings. The van der Waals surface area contributed by atoms with E-state index in [9.17, 15) is 9.59 Å². The van der Waals surface area contributed by atoms with Crippen LogP contribution in [0.3, 0.4) is 0 Å². The molecule has 0 aromatic rings. The number of amides is 2. The van der Waals surface area contributed by atoms with E-state index in [0.717, 1.165) is 12.1 Å². The number of hydrazone groups is 1. The highest BCUT2D eigenvalue weighted by Crippen LogP contribution is 2.21. The van der Waals surface area contributed by atoms with Crippen LogP contribution < -0.4 is 5.73 Å². The molecular weight excluding hydrogens is 234 g/mol. The molecular formula is C12H21N3O3. The zero-order valence-corrected chi connectivity index (χ0v) is 11.2. The molecule has 102 valence electrons. The maximum atomic E-state index is 11.7. The van der Waals surface area contributed by atoms with E-state index in [1.165, 1.54) is 5.01 Å². The summed E-state index contributed by atoms with van der Waals surface area (Å²) in [6.45, 7) is 7.17. The molecule has 18 heavy (non-hydrogen) atoms. The number of rotatable bonds is 5. The number of hydrogen-bond acceptors (Lipinski definition) is 4. The second kappa shape index (κ2) is 5.84. The van der Waals surface area contributed by atoms with Crippen LogP contribution in [0.1, 0.15) is 40.0 Å². The zero-order valence-electron chi connectivity index (χ0n) is 11.2. The summed E-state index contributed by atoms with van der Waals surface area (Å²) in [6.07, 6.45) is 0.866. The minimum absolute atomic E-state index is 0.00771. The van der Waals surface area contributed by atoms with Gasteiger partial charge in [-0.15, -0.1) is 0 Å². The highest BCUT2D eigenvalue weighted by atomic mass is 16.5. The maximum absolute atomic E-state index is 11.7. The Morgan fingerprint density at radius 1 is 1.50 bits per heavy atom. The summed E-state index contributed by atoms with van der Waals surface area (Å²) in [5.74, 6) is 0.00771. The van der Waals surface area contributed by atoms with Crippen molar-refractivity contribution in [2.45, 2.75) is 40.0 Å². The van der Waals surface area contributed by atoms with Crippen LogP contribution >= 0.6 is 0 Å². The average Bonchev–Trinajstić information content (AvgIpc) is 2.54. The Morgan fingerprint density at radius 3 is 2.72 bits per heavy atom. The highest BCUT2D eigenvalue weighted by molar-refractivity contribution is 6.04. The van der Waals surface area contributed by atoms with Crippen LogP contribution in [0, 0.1) is 5.41 Å². The molecule has 0 bridgehead atoms. The van der Waals surface area contributed by atoms with Gasteiger partial charge in [0.2, 0.25) is 5.91 Å². The molecule has 1 rings (SSSR count). The van der Waals surface area contributed by atoms with Gasteiger partial charge < -0.3 is 10.5 Å². The first-order chi connectivity index (χ1) is 8.28. The van der Waals surface area contributed by atoms with E-state index >= 15 is 0 Å². The second-order valence-corrected chi connectivity index (χ2v) is 5.59. The van der Waals surface area contributed by atoms with Crippen molar-refractivity contribution >= 4 is 17.7 Å². The summed E-state index contributed by atoms with van der Waals surface area (Å²) in [7, 11) is 0. The lowest BCUT2D eigenvalue weighted by molar-refractivity contribution is -0.128. The van der Waals surface area contributed by atoms with E-state index in [1.807, 2.05) is 0 Å². The van der Waals surface area contributed by atoms with Crippen LogP contribution in [0.4, 0.5) is 4.79 Å². The predicted molar refractivity (Wildman–Crippen MR) is 68.0 cm³/mol. The third-order valence-corrected chi connectivity index (χ3v) is 2.61. The molecule has 2 N–H and O–H groups in total. The van der Waals surface area contributed by atoms with Crippen molar-refractivity contribution in [3.05, 3.63) is 0 Å². The molecule has 0 aromatic carbocycles. The monoisotopic (exact) mass is 255 g/mol. The molecule has 1 heterocycles. The smallest absolute Gasteiger partial charge is 0.404 e. The second-order valence-electron chi connectivity index (χ2n) is 5.59. The van der Waals surface area contributed by atoms with Crippen LogP contribution in [0.15, 0.2) is 5.10 Å². The van der Waals surface area contributed by atoms with Gasteiger partial charge in [0.25, 0.3) is 0 Å². The first kappa shape index (κ1) is 14.5. The molecule has 1 aliphatic heterocycles. The van der Waals surface area contributed by atoms with E-state index in [4.69, 9.17) is 5.73 Å². The lowest BCUT2D eigenvalue weighted by Crippen LogP contribution is -2.25. The lowest BCUT2D eigenvalue weighted by Gasteiger charge is -2.20. The SMILES string of the molecule is CC(C)(C)CCN1N=C(CCOC(N)=O)CC1=O. The topological polar surface area (TPSA) is 85.0 Å².